The molecule has 70 valence electrons. The Morgan fingerprint density at radius 2 is 2.46 bits per heavy atom. The number of aliphatic carboxylic acids is 1. The van der Waals surface area contributed by atoms with Crippen molar-refractivity contribution in [3.05, 3.63) is 16.6 Å². The molecule has 5 heteroatoms. The van der Waals surface area contributed by atoms with Gasteiger partial charge in [0, 0.05) is 6.04 Å². The van der Waals surface area contributed by atoms with Crippen LogP contribution in [-0.2, 0) is 11.2 Å². The van der Waals surface area contributed by atoms with E-state index in [0.29, 0.717) is 11.9 Å². The van der Waals surface area contributed by atoms with E-state index in [1.54, 1.807) is 6.20 Å². The van der Waals surface area contributed by atoms with Crippen LogP contribution in [0.5, 0.6) is 0 Å². The normalized spacial score (nSPS) is 16.1. The lowest BCUT2D eigenvalue weighted by Gasteiger charge is -2.04. The topological polar surface area (TPSA) is 55.1 Å². The van der Waals surface area contributed by atoms with E-state index in [1.165, 1.54) is 0 Å². The maximum atomic E-state index is 10.5. The third-order valence-electron chi connectivity index (χ3n) is 2.05. The number of hydrogen-bond donors (Lipinski definition) is 1. The summed E-state index contributed by atoms with van der Waals surface area (Å²) in [5, 5.41) is 8.63. The van der Waals surface area contributed by atoms with Gasteiger partial charge in [-0.1, -0.05) is 0 Å². The fraction of sp³-hybridized carbons (Fsp3) is 0.500. The molecule has 0 spiro atoms. The first kappa shape index (κ1) is 8.74. The second-order valence-corrected chi connectivity index (χ2v) is 3.98. The first-order valence-corrected chi connectivity index (χ1v) is 4.91. The molecule has 0 atom stereocenters. The molecule has 0 aliphatic heterocycles. The number of carbonyl (C=O) groups is 1. The lowest BCUT2D eigenvalue weighted by Crippen LogP contribution is -2.08. The SMILES string of the molecule is O=C(O)Cc1ncc(Br)n1C1CC1. The van der Waals surface area contributed by atoms with Gasteiger partial charge in [-0.05, 0) is 28.8 Å². The average molecular weight is 245 g/mol. The van der Waals surface area contributed by atoms with Crippen LogP contribution in [0.3, 0.4) is 0 Å². The predicted octanol–water partition coefficient (Wildman–Crippen LogP) is 1.61. The van der Waals surface area contributed by atoms with Gasteiger partial charge in [-0.2, -0.15) is 0 Å². The highest BCUT2D eigenvalue weighted by atomic mass is 79.9. The van der Waals surface area contributed by atoms with Crippen molar-refractivity contribution in [2.45, 2.75) is 25.3 Å². The zero-order chi connectivity index (χ0) is 9.42. The molecule has 1 heterocycles. The first-order chi connectivity index (χ1) is 6.18. The van der Waals surface area contributed by atoms with Crippen LogP contribution in [0.25, 0.3) is 0 Å². The molecule has 0 saturated heterocycles. The summed E-state index contributed by atoms with van der Waals surface area (Å²) in [7, 11) is 0. The van der Waals surface area contributed by atoms with E-state index in [0.717, 1.165) is 17.4 Å². The second-order valence-electron chi connectivity index (χ2n) is 3.17. The molecular weight excluding hydrogens is 236 g/mol. The van der Waals surface area contributed by atoms with E-state index in [1.807, 2.05) is 4.57 Å². The molecule has 0 bridgehead atoms. The fourth-order valence-electron chi connectivity index (χ4n) is 1.36. The third kappa shape index (κ3) is 1.75. The zero-order valence-corrected chi connectivity index (χ0v) is 8.49. The van der Waals surface area contributed by atoms with E-state index < -0.39 is 5.97 Å². The van der Waals surface area contributed by atoms with E-state index in [-0.39, 0.29) is 6.42 Å². The molecule has 1 aliphatic rings. The summed E-state index contributed by atoms with van der Waals surface area (Å²) < 4.78 is 2.85. The van der Waals surface area contributed by atoms with Crippen molar-refractivity contribution in [3.8, 4) is 0 Å². The summed E-state index contributed by atoms with van der Waals surface area (Å²) in [6, 6.07) is 0.464. The molecular formula is C8H9BrN2O2. The van der Waals surface area contributed by atoms with Crippen LogP contribution in [0.15, 0.2) is 10.8 Å². The minimum atomic E-state index is -0.833. The van der Waals surface area contributed by atoms with Gasteiger partial charge >= 0.3 is 5.97 Å². The van der Waals surface area contributed by atoms with Crippen LogP contribution in [0, 0.1) is 0 Å². The molecule has 0 unspecified atom stereocenters. The van der Waals surface area contributed by atoms with Crippen molar-refractivity contribution in [1.29, 1.82) is 0 Å². The minimum absolute atomic E-state index is 0.00208. The molecule has 1 aromatic rings. The van der Waals surface area contributed by atoms with E-state index in [9.17, 15) is 4.79 Å². The highest BCUT2D eigenvalue weighted by Crippen LogP contribution is 2.38. The van der Waals surface area contributed by atoms with Crippen LogP contribution in [0.4, 0.5) is 0 Å². The van der Waals surface area contributed by atoms with Crippen molar-refractivity contribution in [1.82, 2.24) is 9.55 Å². The number of imidazole rings is 1. The van der Waals surface area contributed by atoms with Crippen molar-refractivity contribution in [2.24, 2.45) is 0 Å². The van der Waals surface area contributed by atoms with Crippen LogP contribution in [0.2, 0.25) is 0 Å². The summed E-state index contributed by atoms with van der Waals surface area (Å²) in [6.07, 6.45) is 3.92. The van der Waals surface area contributed by atoms with Crippen LogP contribution < -0.4 is 0 Å². The number of nitrogens with zero attached hydrogens (tertiary/aromatic N) is 2. The first-order valence-electron chi connectivity index (χ1n) is 4.12. The van der Waals surface area contributed by atoms with Crippen molar-refractivity contribution >= 4 is 21.9 Å². The number of aromatic nitrogens is 2. The molecule has 1 N–H and O–H groups in total. The molecule has 0 aromatic carbocycles. The molecule has 1 aliphatic carbocycles. The minimum Gasteiger partial charge on any atom is -0.481 e. The average Bonchev–Trinajstić information content (AvgIpc) is 2.79. The van der Waals surface area contributed by atoms with Gasteiger partial charge in [-0.3, -0.25) is 4.79 Å². The van der Waals surface area contributed by atoms with Crippen molar-refractivity contribution < 1.29 is 9.90 Å². The van der Waals surface area contributed by atoms with E-state index in [4.69, 9.17) is 5.11 Å². The molecule has 4 nitrogen and oxygen atoms in total. The largest absolute Gasteiger partial charge is 0.481 e. The van der Waals surface area contributed by atoms with E-state index in [2.05, 4.69) is 20.9 Å². The highest BCUT2D eigenvalue weighted by molar-refractivity contribution is 9.10. The summed E-state index contributed by atoms with van der Waals surface area (Å²) in [4.78, 5) is 14.6. The van der Waals surface area contributed by atoms with E-state index >= 15 is 0 Å². The predicted molar refractivity (Wildman–Crippen MR) is 49.5 cm³/mol. The van der Waals surface area contributed by atoms with Gasteiger partial charge in [0.25, 0.3) is 0 Å². The number of rotatable bonds is 3. The third-order valence-corrected chi connectivity index (χ3v) is 2.64. The Morgan fingerprint density at radius 3 is 3.00 bits per heavy atom. The Balaban J connectivity index is 2.28. The quantitative estimate of drug-likeness (QED) is 0.879. The van der Waals surface area contributed by atoms with Crippen molar-refractivity contribution in [2.75, 3.05) is 0 Å². The monoisotopic (exact) mass is 244 g/mol. The lowest BCUT2D eigenvalue weighted by molar-refractivity contribution is -0.136. The summed E-state index contributed by atoms with van der Waals surface area (Å²) >= 11 is 3.36. The van der Waals surface area contributed by atoms with Gasteiger partial charge in [-0.25, -0.2) is 4.98 Å². The molecule has 1 aromatic heterocycles. The second kappa shape index (κ2) is 3.14. The van der Waals surface area contributed by atoms with Crippen LogP contribution in [0.1, 0.15) is 24.7 Å². The standard InChI is InChI=1S/C8H9BrN2O2/c9-6-4-10-7(3-8(12)13)11(6)5-1-2-5/h4-5H,1-3H2,(H,12,13). The Morgan fingerprint density at radius 1 is 1.77 bits per heavy atom. The van der Waals surface area contributed by atoms with Gasteiger partial charge in [0.05, 0.1) is 6.20 Å². The van der Waals surface area contributed by atoms with Gasteiger partial charge in [-0.15, -0.1) is 0 Å². The molecule has 0 amide bonds. The lowest BCUT2D eigenvalue weighted by atomic mass is 10.4. The molecule has 0 radical (unpaired) electrons. The fourth-order valence-corrected chi connectivity index (χ4v) is 1.96. The van der Waals surface area contributed by atoms with Gasteiger partial charge in [0.2, 0.25) is 0 Å². The van der Waals surface area contributed by atoms with Gasteiger partial charge in [0.1, 0.15) is 16.8 Å². The maximum Gasteiger partial charge on any atom is 0.311 e. The number of halogens is 1. The van der Waals surface area contributed by atoms with Gasteiger partial charge in [0.15, 0.2) is 0 Å². The number of hydrogen-bond acceptors (Lipinski definition) is 2. The van der Waals surface area contributed by atoms with Crippen LogP contribution >= 0.6 is 15.9 Å². The van der Waals surface area contributed by atoms with Crippen molar-refractivity contribution in [3.63, 3.8) is 0 Å². The highest BCUT2D eigenvalue weighted by Gasteiger charge is 2.28. The Labute approximate surface area is 83.7 Å². The molecule has 13 heavy (non-hydrogen) atoms. The Hall–Kier alpha value is -0.840. The number of carboxylic acid groups (broad SMARTS) is 1. The number of carboxylic acids is 1. The summed E-state index contributed by atoms with van der Waals surface area (Å²) in [6.45, 7) is 0. The Bertz CT molecular complexity index is 344. The maximum absolute atomic E-state index is 10.5. The van der Waals surface area contributed by atoms with Gasteiger partial charge < -0.3 is 9.67 Å². The summed E-state index contributed by atoms with van der Waals surface area (Å²) in [5.41, 5.74) is 0. The zero-order valence-electron chi connectivity index (χ0n) is 6.90. The summed E-state index contributed by atoms with van der Waals surface area (Å²) in [5.74, 6) is -0.193. The smallest absolute Gasteiger partial charge is 0.311 e. The molecule has 1 fully saturated rings. The Kier molecular flexibility index (Phi) is 2.11. The molecule has 2 rings (SSSR count). The molecule has 1 saturated carbocycles. The van der Waals surface area contributed by atoms with Crippen LogP contribution in [-0.4, -0.2) is 20.6 Å².